The number of carbonyl (C=O) groups excluding carboxylic acids is 1. The van der Waals surface area contributed by atoms with Crippen molar-refractivity contribution >= 4 is 5.91 Å². The topological polar surface area (TPSA) is 45.7 Å². The Morgan fingerprint density at radius 1 is 1.11 bits per heavy atom. The van der Waals surface area contributed by atoms with Crippen molar-refractivity contribution in [1.82, 2.24) is 14.8 Å². The van der Waals surface area contributed by atoms with Gasteiger partial charge in [-0.05, 0) is 48.9 Å². The van der Waals surface area contributed by atoms with E-state index in [2.05, 4.69) is 9.88 Å². The first-order chi connectivity index (χ1) is 16.6. The first-order valence-electron chi connectivity index (χ1n) is 11.2. The number of halogens is 4. The van der Waals surface area contributed by atoms with Gasteiger partial charge < -0.3 is 9.64 Å². The molecule has 35 heavy (non-hydrogen) atoms. The second-order valence-electron chi connectivity index (χ2n) is 8.52. The van der Waals surface area contributed by atoms with Crippen LogP contribution in [0.3, 0.4) is 0 Å². The predicted octanol–water partition coefficient (Wildman–Crippen LogP) is 5.26. The molecule has 0 N–H and O–H groups in total. The molecular formula is C26H25F4N3O2. The number of ether oxygens (including phenoxy) is 1. The summed E-state index contributed by atoms with van der Waals surface area (Å²) in [6.07, 6.45) is -2.81. The number of hydrogen-bond acceptors (Lipinski definition) is 4. The van der Waals surface area contributed by atoms with E-state index in [0.29, 0.717) is 43.2 Å². The van der Waals surface area contributed by atoms with Crippen LogP contribution in [0.15, 0.2) is 60.8 Å². The van der Waals surface area contributed by atoms with E-state index in [1.807, 2.05) is 6.92 Å². The third-order valence-corrected chi connectivity index (χ3v) is 5.97. The molecule has 2 aromatic carbocycles. The van der Waals surface area contributed by atoms with Gasteiger partial charge in [0.15, 0.2) is 0 Å². The summed E-state index contributed by atoms with van der Waals surface area (Å²) in [5, 5.41) is 0. The van der Waals surface area contributed by atoms with Crippen LogP contribution in [0.25, 0.3) is 11.3 Å². The Hall–Kier alpha value is -3.46. The summed E-state index contributed by atoms with van der Waals surface area (Å²) in [7, 11) is 1.62. The molecule has 0 spiro atoms. The van der Waals surface area contributed by atoms with Crippen molar-refractivity contribution in [2.45, 2.75) is 25.7 Å². The number of benzene rings is 2. The zero-order chi connectivity index (χ0) is 25.2. The molecule has 0 aliphatic carbocycles. The van der Waals surface area contributed by atoms with Crippen LogP contribution in [0, 0.1) is 5.82 Å². The number of rotatable bonds is 7. The lowest BCUT2D eigenvalue weighted by molar-refractivity contribution is -0.137. The maximum absolute atomic E-state index is 14.5. The molecule has 9 heteroatoms. The van der Waals surface area contributed by atoms with Crippen molar-refractivity contribution in [1.29, 1.82) is 0 Å². The second-order valence-corrected chi connectivity index (χ2v) is 8.52. The fourth-order valence-electron chi connectivity index (χ4n) is 3.79. The van der Waals surface area contributed by atoms with Gasteiger partial charge in [0.2, 0.25) is 0 Å². The Kier molecular flexibility index (Phi) is 7.07. The Balaban J connectivity index is 1.30. The van der Waals surface area contributed by atoms with E-state index >= 15 is 0 Å². The van der Waals surface area contributed by atoms with Crippen LogP contribution in [0.4, 0.5) is 17.6 Å². The molecule has 3 aromatic rings. The van der Waals surface area contributed by atoms with Gasteiger partial charge in [0, 0.05) is 38.8 Å². The zero-order valence-electron chi connectivity index (χ0n) is 19.3. The lowest BCUT2D eigenvalue weighted by atomic mass is 10.1. The number of carbonyl (C=O) groups is 1. The Bertz CT molecular complexity index is 1170. The Morgan fingerprint density at radius 3 is 2.40 bits per heavy atom. The van der Waals surface area contributed by atoms with Gasteiger partial charge in [-0.2, -0.15) is 13.2 Å². The molecule has 1 aliphatic rings. The number of pyridine rings is 1. The van der Waals surface area contributed by atoms with Crippen molar-refractivity contribution < 1.29 is 27.1 Å². The molecule has 1 saturated heterocycles. The normalized spacial score (nSPS) is 14.5. The zero-order valence-corrected chi connectivity index (χ0v) is 19.3. The summed E-state index contributed by atoms with van der Waals surface area (Å²) in [6, 6.07) is 13.1. The van der Waals surface area contributed by atoms with Gasteiger partial charge in [-0.25, -0.2) is 4.39 Å². The SMILES string of the molecule is CCN(C)C(=O)c1ccc(-c2ccc(OC3CN(Cc4ccc(C(F)(F)F)cc4)C3)cn2)cc1F. The van der Waals surface area contributed by atoms with Crippen molar-refractivity contribution in [3.05, 3.63) is 83.3 Å². The molecule has 0 saturated carbocycles. The Morgan fingerprint density at radius 2 is 1.83 bits per heavy atom. The minimum Gasteiger partial charge on any atom is -0.486 e. The lowest BCUT2D eigenvalue weighted by Crippen LogP contribution is -2.53. The largest absolute Gasteiger partial charge is 0.486 e. The summed E-state index contributed by atoms with van der Waals surface area (Å²) in [6.45, 7) is 4.15. The molecule has 0 atom stereocenters. The first-order valence-corrected chi connectivity index (χ1v) is 11.2. The van der Waals surface area contributed by atoms with E-state index < -0.39 is 17.6 Å². The maximum atomic E-state index is 14.5. The van der Waals surface area contributed by atoms with Crippen molar-refractivity contribution in [3.63, 3.8) is 0 Å². The van der Waals surface area contributed by atoms with E-state index in [1.54, 1.807) is 31.4 Å². The average Bonchev–Trinajstić information content (AvgIpc) is 2.82. The molecule has 5 nitrogen and oxygen atoms in total. The van der Waals surface area contributed by atoms with E-state index in [1.165, 1.54) is 29.2 Å². The van der Waals surface area contributed by atoms with Crippen molar-refractivity contribution in [3.8, 4) is 17.0 Å². The van der Waals surface area contributed by atoms with Crippen LogP contribution in [0.1, 0.15) is 28.4 Å². The van der Waals surface area contributed by atoms with Crippen LogP contribution >= 0.6 is 0 Å². The number of hydrogen-bond donors (Lipinski definition) is 0. The maximum Gasteiger partial charge on any atom is 0.416 e. The fraction of sp³-hybridized carbons (Fsp3) is 0.308. The number of alkyl halides is 3. The average molecular weight is 487 g/mol. The molecule has 1 aliphatic heterocycles. The number of aromatic nitrogens is 1. The molecule has 0 bridgehead atoms. The van der Waals surface area contributed by atoms with E-state index in [4.69, 9.17) is 4.74 Å². The first kappa shape index (κ1) is 24.7. The second kappa shape index (κ2) is 10.0. The van der Waals surface area contributed by atoms with E-state index in [-0.39, 0.29) is 17.6 Å². The molecular weight excluding hydrogens is 462 g/mol. The highest BCUT2D eigenvalue weighted by atomic mass is 19.4. The highest BCUT2D eigenvalue weighted by molar-refractivity contribution is 5.94. The summed E-state index contributed by atoms with van der Waals surface area (Å²) in [4.78, 5) is 20.1. The van der Waals surface area contributed by atoms with Crippen LogP contribution in [-0.2, 0) is 12.7 Å². The quantitative estimate of drug-likeness (QED) is 0.427. The third kappa shape index (κ3) is 5.79. The minimum atomic E-state index is -4.33. The Labute approximate surface area is 201 Å². The summed E-state index contributed by atoms with van der Waals surface area (Å²) >= 11 is 0. The van der Waals surface area contributed by atoms with Gasteiger partial charge in [0.05, 0.1) is 23.0 Å². The molecule has 2 heterocycles. The predicted molar refractivity (Wildman–Crippen MR) is 123 cm³/mol. The van der Waals surface area contributed by atoms with Gasteiger partial charge in [0.25, 0.3) is 5.91 Å². The van der Waals surface area contributed by atoms with Crippen LogP contribution < -0.4 is 4.74 Å². The van der Waals surface area contributed by atoms with Crippen LogP contribution in [0.2, 0.25) is 0 Å². The van der Waals surface area contributed by atoms with Crippen molar-refractivity contribution in [2.75, 3.05) is 26.7 Å². The lowest BCUT2D eigenvalue weighted by Gasteiger charge is -2.39. The summed E-state index contributed by atoms with van der Waals surface area (Å²) < 4.78 is 58.4. The van der Waals surface area contributed by atoms with E-state index in [0.717, 1.165) is 17.7 Å². The van der Waals surface area contributed by atoms with E-state index in [9.17, 15) is 22.4 Å². The minimum absolute atomic E-state index is 0.0175. The summed E-state index contributed by atoms with van der Waals surface area (Å²) in [5.74, 6) is -0.400. The highest BCUT2D eigenvalue weighted by Crippen LogP contribution is 2.30. The van der Waals surface area contributed by atoms with Gasteiger partial charge in [0.1, 0.15) is 17.7 Å². The van der Waals surface area contributed by atoms with Crippen LogP contribution in [0.5, 0.6) is 5.75 Å². The molecule has 184 valence electrons. The van der Waals surface area contributed by atoms with Gasteiger partial charge in [-0.1, -0.05) is 18.2 Å². The fourth-order valence-corrected chi connectivity index (χ4v) is 3.79. The van der Waals surface area contributed by atoms with Gasteiger partial charge in [-0.3, -0.25) is 14.7 Å². The standard InChI is InChI=1S/C26H25F4N3O2/c1-3-32(2)25(34)22-10-6-18(12-23(22)27)24-11-9-20(13-31-24)35-21-15-33(16-21)14-17-4-7-19(8-5-17)26(28,29)30/h4-13,21H,3,14-16H2,1-2H3. The number of nitrogens with zero attached hydrogens (tertiary/aromatic N) is 3. The highest BCUT2D eigenvalue weighted by Gasteiger charge is 2.31. The molecule has 1 amide bonds. The third-order valence-electron chi connectivity index (χ3n) is 5.97. The summed E-state index contributed by atoms with van der Waals surface area (Å²) in [5.41, 5.74) is 1.28. The number of amides is 1. The molecule has 1 aromatic heterocycles. The van der Waals surface area contributed by atoms with Gasteiger partial charge >= 0.3 is 6.18 Å². The van der Waals surface area contributed by atoms with Crippen molar-refractivity contribution in [2.24, 2.45) is 0 Å². The van der Waals surface area contributed by atoms with Gasteiger partial charge in [-0.15, -0.1) is 0 Å². The smallest absolute Gasteiger partial charge is 0.416 e. The molecule has 4 rings (SSSR count). The molecule has 1 fully saturated rings. The monoisotopic (exact) mass is 487 g/mol. The number of likely N-dealkylation sites (tertiary alicyclic amines) is 1. The molecule has 0 radical (unpaired) electrons. The molecule has 0 unspecified atom stereocenters. The van der Waals surface area contributed by atoms with Crippen LogP contribution in [-0.4, -0.2) is 53.5 Å².